The largest absolute Gasteiger partial charge is 0.465 e. The molecule has 0 saturated carbocycles. The zero-order valence-corrected chi connectivity index (χ0v) is 14.2. The van der Waals surface area contributed by atoms with Crippen LogP contribution in [-0.2, 0) is 29.4 Å². The van der Waals surface area contributed by atoms with Gasteiger partial charge in [-0.2, -0.15) is 0 Å². The first-order valence-electron chi connectivity index (χ1n) is 8.01. The van der Waals surface area contributed by atoms with Gasteiger partial charge >= 0.3 is 6.09 Å². The van der Waals surface area contributed by atoms with Gasteiger partial charge in [0.25, 0.3) is 5.56 Å². The lowest BCUT2D eigenvalue weighted by Gasteiger charge is -2.38. The van der Waals surface area contributed by atoms with E-state index < -0.39 is 11.7 Å². The third-order valence-corrected chi connectivity index (χ3v) is 5.08. The molecule has 2 aliphatic heterocycles. The molecule has 0 bridgehead atoms. The molecule has 1 aromatic heterocycles. The number of hydrogen-bond donors (Lipinski definition) is 1. The van der Waals surface area contributed by atoms with Crippen molar-refractivity contribution in [3.05, 3.63) is 33.2 Å². The van der Waals surface area contributed by atoms with Gasteiger partial charge in [-0.25, -0.2) is 4.79 Å². The van der Waals surface area contributed by atoms with Crippen LogP contribution in [-0.4, -0.2) is 33.8 Å². The van der Waals surface area contributed by atoms with E-state index >= 15 is 0 Å². The number of amides is 1. The number of pyridine rings is 1. The average Bonchev–Trinajstić information content (AvgIpc) is 2.77. The first-order valence-corrected chi connectivity index (χ1v) is 8.01. The molecule has 0 aromatic carbocycles. The number of piperidine rings is 1. The van der Waals surface area contributed by atoms with Crippen molar-refractivity contribution in [2.75, 3.05) is 13.1 Å². The van der Waals surface area contributed by atoms with Gasteiger partial charge in [-0.1, -0.05) is 20.8 Å². The Labute approximate surface area is 135 Å². The Balaban J connectivity index is 2.07. The molecular weight excluding hydrogens is 296 g/mol. The second-order valence-corrected chi connectivity index (χ2v) is 7.59. The SMILES string of the molecule is Cn1c(C(C)(C)C)c2c(cc1=O)C1(CCN(C(=O)O)CC1)OC2. The summed E-state index contributed by atoms with van der Waals surface area (Å²) in [6.07, 6.45) is 0.309. The van der Waals surface area contributed by atoms with Crippen molar-refractivity contribution in [3.8, 4) is 0 Å². The Hall–Kier alpha value is -1.82. The summed E-state index contributed by atoms with van der Waals surface area (Å²) in [7, 11) is 1.81. The summed E-state index contributed by atoms with van der Waals surface area (Å²) < 4.78 is 7.87. The number of hydrogen-bond acceptors (Lipinski definition) is 3. The van der Waals surface area contributed by atoms with Gasteiger partial charge in [0, 0.05) is 42.9 Å². The van der Waals surface area contributed by atoms with Crippen LogP contribution in [0.25, 0.3) is 0 Å². The maximum absolute atomic E-state index is 12.4. The summed E-state index contributed by atoms with van der Waals surface area (Å²) in [5, 5.41) is 9.13. The molecule has 0 unspecified atom stereocenters. The molecule has 0 aliphatic carbocycles. The van der Waals surface area contributed by atoms with Gasteiger partial charge in [0.15, 0.2) is 0 Å². The lowest BCUT2D eigenvalue weighted by molar-refractivity contribution is -0.0751. The minimum absolute atomic E-state index is 0.0285. The smallest absolute Gasteiger partial charge is 0.407 e. The zero-order valence-electron chi connectivity index (χ0n) is 14.2. The molecule has 23 heavy (non-hydrogen) atoms. The normalized spacial score (nSPS) is 19.9. The number of carboxylic acid groups (broad SMARTS) is 1. The van der Waals surface area contributed by atoms with E-state index in [0.29, 0.717) is 32.5 Å². The van der Waals surface area contributed by atoms with E-state index in [0.717, 1.165) is 16.8 Å². The highest BCUT2D eigenvalue weighted by Gasteiger charge is 2.45. The van der Waals surface area contributed by atoms with Crippen LogP contribution in [0.3, 0.4) is 0 Å². The molecule has 6 heteroatoms. The van der Waals surface area contributed by atoms with Crippen LogP contribution in [0.15, 0.2) is 10.9 Å². The summed E-state index contributed by atoms with van der Waals surface area (Å²) in [5.74, 6) is 0. The van der Waals surface area contributed by atoms with Crippen LogP contribution in [0.2, 0.25) is 0 Å². The van der Waals surface area contributed by atoms with Gasteiger partial charge in [-0.3, -0.25) is 4.79 Å². The van der Waals surface area contributed by atoms with Crippen LogP contribution in [0, 0.1) is 0 Å². The first-order chi connectivity index (χ1) is 10.7. The number of nitrogens with zero attached hydrogens (tertiary/aromatic N) is 2. The number of carbonyl (C=O) groups is 1. The lowest BCUT2D eigenvalue weighted by Crippen LogP contribution is -2.45. The summed E-state index contributed by atoms with van der Waals surface area (Å²) >= 11 is 0. The fraction of sp³-hybridized carbons (Fsp3) is 0.647. The third-order valence-electron chi connectivity index (χ3n) is 5.08. The van der Waals surface area contributed by atoms with E-state index in [9.17, 15) is 9.59 Å². The lowest BCUT2D eigenvalue weighted by atomic mass is 9.80. The molecule has 1 fully saturated rings. The molecule has 1 saturated heterocycles. The Bertz CT molecular complexity index is 707. The minimum Gasteiger partial charge on any atom is -0.465 e. The van der Waals surface area contributed by atoms with Crippen molar-refractivity contribution >= 4 is 6.09 Å². The molecule has 1 amide bonds. The van der Waals surface area contributed by atoms with Crippen molar-refractivity contribution < 1.29 is 14.6 Å². The van der Waals surface area contributed by atoms with Gasteiger partial charge in [-0.15, -0.1) is 0 Å². The van der Waals surface area contributed by atoms with Crippen molar-refractivity contribution in [2.24, 2.45) is 7.05 Å². The molecule has 2 aliphatic rings. The van der Waals surface area contributed by atoms with Crippen molar-refractivity contribution in [3.63, 3.8) is 0 Å². The van der Waals surface area contributed by atoms with E-state index in [1.165, 1.54) is 4.90 Å². The van der Waals surface area contributed by atoms with Gasteiger partial charge < -0.3 is 19.3 Å². The fourth-order valence-electron chi connectivity index (χ4n) is 4.02. The maximum Gasteiger partial charge on any atom is 0.407 e. The Kier molecular flexibility index (Phi) is 3.55. The number of aromatic nitrogens is 1. The predicted octanol–water partition coefficient (Wildman–Crippen LogP) is 2.18. The highest BCUT2D eigenvalue weighted by molar-refractivity contribution is 5.65. The Morgan fingerprint density at radius 1 is 1.30 bits per heavy atom. The quantitative estimate of drug-likeness (QED) is 0.795. The van der Waals surface area contributed by atoms with Crippen LogP contribution in [0.5, 0.6) is 0 Å². The Morgan fingerprint density at radius 3 is 2.43 bits per heavy atom. The van der Waals surface area contributed by atoms with E-state index in [1.807, 2.05) is 0 Å². The highest BCUT2D eigenvalue weighted by Crippen LogP contribution is 2.46. The monoisotopic (exact) mass is 320 g/mol. The topological polar surface area (TPSA) is 71.8 Å². The molecule has 0 radical (unpaired) electrons. The Morgan fingerprint density at radius 2 is 1.91 bits per heavy atom. The first kappa shape index (κ1) is 16.1. The van der Waals surface area contributed by atoms with Gasteiger partial charge in [0.1, 0.15) is 0 Å². The molecular formula is C17H24N2O4. The molecule has 1 aromatic rings. The van der Waals surface area contributed by atoms with Crippen LogP contribution < -0.4 is 5.56 Å². The maximum atomic E-state index is 12.4. The molecule has 3 heterocycles. The molecule has 0 atom stereocenters. The fourth-order valence-corrected chi connectivity index (χ4v) is 4.02. The average molecular weight is 320 g/mol. The summed E-state index contributed by atoms with van der Waals surface area (Å²) in [4.78, 5) is 25.0. The van der Waals surface area contributed by atoms with Crippen LogP contribution in [0.1, 0.15) is 50.4 Å². The van der Waals surface area contributed by atoms with Crippen LogP contribution in [0.4, 0.5) is 4.79 Å². The van der Waals surface area contributed by atoms with Crippen LogP contribution >= 0.6 is 0 Å². The number of likely N-dealkylation sites (tertiary alicyclic amines) is 1. The van der Waals surface area contributed by atoms with E-state index in [4.69, 9.17) is 9.84 Å². The van der Waals surface area contributed by atoms with Crippen molar-refractivity contribution in [2.45, 2.75) is 51.2 Å². The molecule has 126 valence electrons. The van der Waals surface area contributed by atoms with E-state index in [-0.39, 0.29) is 11.0 Å². The van der Waals surface area contributed by atoms with Gasteiger partial charge in [-0.05, 0) is 18.4 Å². The second kappa shape index (κ2) is 5.09. The second-order valence-electron chi connectivity index (χ2n) is 7.59. The minimum atomic E-state index is -0.891. The number of rotatable bonds is 0. The zero-order chi connectivity index (χ0) is 17.0. The molecule has 1 spiro atoms. The highest BCUT2D eigenvalue weighted by atomic mass is 16.5. The van der Waals surface area contributed by atoms with Gasteiger partial charge in [0.05, 0.1) is 12.2 Å². The summed E-state index contributed by atoms with van der Waals surface area (Å²) in [6.45, 7) is 7.66. The predicted molar refractivity (Wildman–Crippen MR) is 85.7 cm³/mol. The summed E-state index contributed by atoms with van der Waals surface area (Å²) in [6, 6.07) is 1.69. The van der Waals surface area contributed by atoms with Crippen molar-refractivity contribution in [1.29, 1.82) is 0 Å². The van der Waals surface area contributed by atoms with Gasteiger partial charge in [0.2, 0.25) is 0 Å². The third kappa shape index (κ3) is 2.45. The molecule has 1 N–H and O–H groups in total. The molecule has 6 nitrogen and oxygen atoms in total. The standard InChI is InChI=1S/C17H24N2O4/c1-16(2,3)14-11-10-23-17(12(11)9-13(20)18(14)4)5-7-19(8-6-17)15(21)22/h9H,5-8,10H2,1-4H3,(H,21,22). The van der Waals surface area contributed by atoms with Crippen molar-refractivity contribution in [1.82, 2.24) is 9.47 Å². The summed E-state index contributed by atoms with van der Waals surface area (Å²) in [5.41, 5.74) is 2.39. The number of ether oxygens (including phenoxy) is 1. The van der Waals surface area contributed by atoms with E-state index in [2.05, 4.69) is 20.8 Å². The number of fused-ring (bicyclic) bond motifs is 2. The van der Waals surface area contributed by atoms with E-state index in [1.54, 1.807) is 17.7 Å². The molecule has 3 rings (SSSR count).